The third kappa shape index (κ3) is 1.48. The topological polar surface area (TPSA) is 66.9 Å². The van der Waals surface area contributed by atoms with E-state index in [1.54, 1.807) is 17.0 Å². The molecule has 2 amide bonds. The molecule has 1 aliphatic heterocycles. The first-order chi connectivity index (χ1) is 6.68. The predicted molar refractivity (Wildman–Crippen MR) is 51.0 cm³/mol. The number of nitrogens with zero attached hydrogens (tertiary/aromatic N) is 1. The van der Waals surface area contributed by atoms with Crippen LogP contribution in [-0.4, -0.2) is 21.4 Å². The second kappa shape index (κ2) is 3.38. The summed E-state index contributed by atoms with van der Waals surface area (Å²) in [6, 6.07) is -0.355. The van der Waals surface area contributed by atoms with Crippen molar-refractivity contribution in [2.45, 2.75) is 18.9 Å². The van der Waals surface area contributed by atoms with Crippen molar-refractivity contribution in [2.24, 2.45) is 0 Å². The van der Waals surface area contributed by atoms with E-state index in [0.29, 0.717) is 17.6 Å². The van der Waals surface area contributed by atoms with Gasteiger partial charge in [0, 0.05) is 18.8 Å². The molecule has 1 fully saturated rings. The van der Waals surface area contributed by atoms with E-state index in [0.717, 1.165) is 0 Å². The summed E-state index contributed by atoms with van der Waals surface area (Å²) in [6.45, 7) is 0. The van der Waals surface area contributed by atoms with Crippen molar-refractivity contribution in [3.8, 4) is 0 Å². The lowest BCUT2D eigenvalue weighted by molar-refractivity contribution is -0.135. The predicted octanol–water partition coefficient (Wildman–Crippen LogP) is 0.523. The highest BCUT2D eigenvalue weighted by Crippen LogP contribution is 2.18. The van der Waals surface area contributed by atoms with Gasteiger partial charge in [0.15, 0.2) is 4.77 Å². The average molecular weight is 211 g/mol. The molecule has 0 saturated carbocycles. The molecule has 1 aliphatic rings. The molecule has 2 rings (SSSR count). The van der Waals surface area contributed by atoms with Crippen LogP contribution in [0, 0.1) is 4.77 Å². The second-order valence-electron chi connectivity index (χ2n) is 3.14. The first kappa shape index (κ1) is 9.14. The monoisotopic (exact) mass is 211 g/mol. The van der Waals surface area contributed by atoms with Gasteiger partial charge >= 0.3 is 0 Å². The second-order valence-corrected chi connectivity index (χ2v) is 3.53. The summed E-state index contributed by atoms with van der Waals surface area (Å²) in [5, 5.41) is 2.29. The Morgan fingerprint density at radius 2 is 2.29 bits per heavy atom. The number of nitrogens with one attached hydrogen (secondary N) is 2. The summed E-state index contributed by atoms with van der Waals surface area (Å²) in [5.74, 6) is -0.495. The SMILES string of the molecule is O=C1CCC(n2cc[nH]c2=S)C(=O)N1. The number of amides is 2. The van der Waals surface area contributed by atoms with Crippen LogP contribution in [-0.2, 0) is 9.59 Å². The number of hydrogen-bond donors (Lipinski definition) is 2. The minimum atomic E-state index is -0.355. The van der Waals surface area contributed by atoms with Gasteiger partial charge in [-0.05, 0) is 18.6 Å². The first-order valence-corrected chi connectivity index (χ1v) is 4.68. The lowest BCUT2D eigenvalue weighted by atomic mass is 10.1. The lowest BCUT2D eigenvalue weighted by Crippen LogP contribution is -2.41. The Kier molecular flexibility index (Phi) is 2.20. The molecule has 2 heterocycles. The third-order valence-corrected chi connectivity index (χ3v) is 2.55. The summed E-state index contributed by atoms with van der Waals surface area (Å²) >= 11 is 4.99. The Hall–Kier alpha value is -1.43. The smallest absolute Gasteiger partial charge is 0.249 e. The van der Waals surface area contributed by atoms with Gasteiger partial charge in [-0.25, -0.2) is 0 Å². The summed E-state index contributed by atoms with van der Waals surface area (Å²) in [5.41, 5.74) is 0. The zero-order valence-electron chi connectivity index (χ0n) is 7.32. The quantitative estimate of drug-likeness (QED) is 0.526. The summed E-state index contributed by atoms with van der Waals surface area (Å²) in [6.07, 6.45) is 4.26. The standard InChI is InChI=1S/C8H9N3O2S/c12-6-2-1-5(7(13)10-6)11-4-3-9-8(11)14/h3-5H,1-2H2,(H,9,14)(H,10,12,13). The number of imidazole rings is 1. The van der Waals surface area contributed by atoms with E-state index in [-0.39, 0.29) is 17.9 Å². The number of rotatable bonds is 1. The van der Waals surface area contributed by atoms with Crippen LogP contribution in [0.1, 0.15) is 18.9 Å². The maximum absolute atomic E-state index is 11.4. The molecule has 0 aliphatic carbocycles. The van der Waals surface area contributed by atoms with Crippen molar-refractivity contribution in [1.82, 2.24) is 14.9 Å². The van der Waals surface area contributed by atoms with E-state index >= 15 is 0 Å². The lowest BCUT2D eigenvalue weighted by Gasteiger charge is -2.21. The first-order valence-electron chi connectivity index (χ1n) is 4.27. The van der Waals surface area contributed by atoms with Gasteiger partial charge in [-0.2, -0.15) is 0 Å². The van der Waals surface area contributed by atoms with Gasteiger partial charge in [0.2, 0.25) is 11.8 Å². The van der Waals surface area contributed by atoms with E-state index < -0.39 is 0 Å². The molecule has 1 atom stereocenters. The molecule has 74 valence electrons. The van der Waals surface area contributed by atoms with Crippen LogP contribution in [0.5, 0.6) is 0 Å². The minimum Gasteiger partial charge on any atom is -0.337 e. The van der Waals surface area contributed by atoms with Gasteiger partial charge in [-0.15, -0.1) is 0 Å². The zero-order valence-corrected chi connectivity index (χ0v) is 8.13. The van der Waals surface area contributed by atoms with E-state index in [2.05, 4.69) is 10.3 Å². The number of imide groups is 1. The normalized spacial score (nSPS) is 22.1. The number of aromatic amines is 1. The molecule has 0 aromatic carbocycles. The van der Waals surface area contributed by atoms with Crippen molar-refractivity contribution >= 4 is 24.0 Å². The number of carbonyl (C=O) groups is 2. The average Bonchev–Trinajstić information content (AvgIpc) is 2.52. The third-order valence-electron chi connectivity index (χ3n) is 2.22. The van der Waals surface area contributed by atoms with Crippen LogP contribution in [0.25, 0.3) is 0 Å². The summed E-state index contributed by atoms with van der Waals surface area (Å²) in [7, 11) is 0. The van der Waals surface area contributed by atoms with E-state index in [1.165, 1.54) is 0 Å². The highest BCUT2D eigenvalue weighted by Gasteiger charge is 2.27. The molecule has 0 bridgehead atoms. The van der Waals surface area contributed by atoms with Crippen LogP contribution >= 0.6 is 12.2 Å². The molecule has 6 heteroatoms. The fourth-order valence-corrected chi connectivity index (χ4v) is 1.78. The van der Waals surface area contributed by atoms with Crippen LogP contribution in [0.15, 0.2) is 12.4 Å². The summed E-state index contributed by atoms with van der Waals surface area (Å²) < 4.78 is 2.16. The maximum atomic E-state index is 11.4. The van der Waals surface area contributed by atoms with Gasteiger partial charge in [0.1, 0.15) is 6.04 Å². The van der Waals surface area contributed by atoms with Crippen molar-refractivity contribution in [3.63, 3.8) is 0 Å². The molecular formula is C8H9N3O2S. The Morgan fingerprint density at radius 3 is 2.86 bits per heavy atom. The Labute approximate surface area is 85.1 Å². The molecule has 2 N–H and O–H groups in total. The number of carbonyl (C=O) groups excluding carboxylic acids is 2. The van der Waals surface area contributed by atoms with Crippen LogP contribution in [0.2, 0.25) is 0 Å². The molecule has 1 aromatic rings. The Bertz CT molecular complexity index is 434. The van der Waals surface area contributed by atoms with Crippen LogP contribution < -0.4 is 5.32 Å². The number of hydrogen-bond acceptors (Lipinski definition) is 3. The largest absolute Gasteiger partial charge is 0.337 e. The molecule has 0 radical (unpaired) electrons. The summed E-state index contributed by atoms with van der Waals surface area (Å²) in [4.78, 5) is 25.2. The van der Waals surface area contributed by atoms with E-state index in [1.807, 2.05) is 0 Å². The fourth-order valence-electron chi connectivity index (χ4n) is 1.52. The van der Waals surface area contributed by atoms with Gasteiger partial charge in [-0.3, -0.25) is 14.9 Å². The van der Waals surface area contributed by atoms with E-state index in [9.17, 15) is 9.59 Å². The molecule has 1 aromatic heterocycles. The van der Waals surface area contributed by atoms with Crippen LogP contribution in [0.3, 0.4) is 0 Å². The van der Waals surface area contributed by atoms with E-state index in [4.69, 9.17) is 12.2 Å². The van der Waals surface area contributed by atoms with Crippen LogP contribution in [0.4, 0.5) is 0 Å². The van der Waals surface area contributed by atoms with Crippen molar-refractivity contribution in [3.05, 3.63) is 17.2 Å². The highest BCUT2D eigenvalue weighted by molar-refractivity contribution is 7.71. The van der Waals surface area contributed by atoms with Crippen molar-refractivity contribution in [2.75, 3.05) is 0 Å². The number of H-pyrrole nitrogens is 1. The molecule has 5 nitrogen and oxygen atoms in total. The molecule has 1 saturated heterocycles. The Balaban J connectivity index is 2.28. The van der Waals surface area contributed by atoms with Gasteiger partial charge < -0.3 is 9.55 Å². The molecule has 0 spiro atoms. The van der Waals surface area contributed by atoms with Crippen molar-refractivity contribution < 1.29 is 9.59 Å². The van der Waals surface area contributed by atoms with Gasteiger partial charge in [-0.1, -0.05) is 0 Å². The zero-order chi connectivity index (χ0) is 10.1. The molecular weight excluding hydrogens is 202 g/mol. The highest BCUT2D eigenvalue weighted by atomic mass is 32.1. The maximum Gasteiger partial charge on any atom is 0.249 e. The molecule has 1 unspecified atom stereocenters. The number of piperidine rings is 1. The number of aromatic nitrogens is 2. The van der Waals surface area contributed by atoms with Gasteiger partial charge in [0.05, 0.1) is 0 Å². The Morgan fingerprint density at radius 1 is 1.50 bits per heavy atom. The minimum absolute atomic E-state index is 0.215. The molecule has 14 heavy (non-hydrogen) atoms. The van der Waals surface area contributed by atoms with Gasteiger partial charge in [0.25, 0.3) is 0 Å². The fraction of sp³-hybridized carbons (Fsp3) is 0.375. The van der Waals surface area contributed by atoms with Crippen molar-refractivity contribution in [1.29, 1.82) is 0 Å².